The topological polar surface area (TPSA) is 41.6 Å². The summed E-state index contributed by atoms with van der Waals surface area (Å²) in [6.07, 6.45) is 9.15. The first-order chi connectivity index (χ1) is 13.7. The zero-order valence-electron chi connectivity index (χ0n) is 17.2. The quantitative estimate of drug-likeness (QED) is 0.824. The summed E-state index contributed by atoms with van der Waals surface area (Å²) in [6.45, 7) is 6.00. The lowest BCUT2D eigenvalue weighted by Gasteiger charge is -2.42. The summed E-state index contributed by atoms with van der Waals surface area (Å²) in [4.78, 5) is 14.8. The Balaban J connectivity index is 1.25. The van der Waals surface area contributed by atoms with E-state index in [0.717, 1.165) is 24.2 Å². The van der Waals surface area contributed by atoms with Gasteiger partial charge in [-0.05, 0) is 87.4 Å². The van der Waals surface area contributed by atoms with Crippen molar-refractivity contribution in [2.75, 3.05) is 26.2 Å². The molecule has 3 fully saturated rings. The number of benzene rings is 1. The van der Waals surface area contributed by atoms with Gasteiger partial charge in [0.1, 0.15) is 0 Å². The molecule has 1 aliphatic heterocycles. The minimum atomic E-state index is -0.284. The number of nitrogens with one attached hydrogen (secondary N) is 1. The van der Waals surface area contributed by atoms with Gasteiger partial charge in [0.05, 0.1) is 12.6 Å². The fourth-order valence-electron chi connectivity index (χ4n) is 6.91. The van der Waals surface area contributed by atoms with Crippen molar-refractivity contribution < 1.29 is 9.53 Å². The zero-order valence-corrected chi connectivity index (χ0v) is 17.2. The van der Waals surface area contributed by atoms with Crippen LogP contribution < -0.4 is 5.32 Å². The SMILES string of the molecule is CCOC(=O)NC1CC2(CCN(C[C@H]3C[C@H]4CCC3C4)CC2)c2ccccc21. The third-order valence-electron chi connectivity index (χ3n) is 8.26. The maximum atomic E-state index is 12.0. The van der Waals surface area contributed by atoms with Crippen molar-refractivity contribution in [1.82, 2.24) is 10.2 Å². The first-order valence-electron chi connectivity index (χ1n) is 11.4. The summed E-state index contributed by atoms with van der Waals surface area (Å²) >= 11 is 0. The number of rotatable bonds is 4. The van der Waals surface area contributed by atoms with Crippen LogP contribution in [0.4, 0.5) is 4.79 Å². The van der Waals surface area contributed by atoms with Gasteiger partial charge < -0.3 is 15.0 Å². The molecule has 1 heterocycles. The number of carbonyl (C=O) groups excluding carboxylic acids is 1. The fourth-order valence-corrected chi connectivity index (χ4v) is 6.91. The Morgan fingerprint density at radius 1 is 1.21 bits per heavy atom. The molecule has 4 nitrogen and oxygen atoms in total. The van der Waals surface area contributed by atoms with Crippen molar-refractivity contribution in [3.63, 3.8) is 0 Å². The number of likely N-dealkylation sites (tertiary alicyclic amines) is 1. The molecule has 2 unspecified atom stereocenters. The summed E-state index contributed by atoms with van der Waals surface area (Å²) in [7, 11) is 0. The van der Waals surface area contributed by atoms with Gasteiger partial charge in [-0.1, -0.05) is 30.7 Å². The molecule has 1 aromatic carbocycles. The van der Waals surface area contributed by atoms with E-state index in [1.54, 1.807) is 0 Å². The molecule has 152 valence electrons. The number of carbonyl (C=O) groups is 1. The van der Waals surface area contributed by atoms with Crippen LogP contribution >= 0.6 is 0 Å². The second-order valence-electron chi connectivity index (χ2n) is 9.72. The molecule has 0 aromatic heterocycles. The van der Waals surface area contributed by atoms with Crippen molar-refractivity contribution in [3.05, 3.63) is 35.4 Å². The van der Waals surface area contributed by atoms with Gasteiger partial charge in [-0.3, -0.25) is 0 Å². The minimum Gasteiger partial charge on any atom is -0.450 e. The number of hydrogen-bond acceptors (Lipinski definition) is 3. The minimum absolute atomic E-state index is 0.0902. The van der Waals surface area contributed by atoms with Gasteiger partial charge in [0.15, 0.2) is 0 Å². The van der Waals surface area contributed by atoms with Gasteiger partial charge >= 0.3 is 6.09 Å². The van der Waals surface area contributed by atoms with E-state index in [1.807, 2.05) is 6.92 Å². The first kappa shape index (κ1) is 18.5. The van der Waals surface area contributed by atoms with Crippen molar-refractivity contribution in [2.45, 2.75) is 63.3 Å². The van der Waals surface area contributed by atoms with Gasteiger partial charge in [-0.2, -0.15) is 0 Å². The first-order valence-corrected chi connectivity index (χ1v) is 11.4. The van der Waals surface area contributed by atoms with Crippen LogP contribution in [-0.2, 0) is 10.2 Å². The molecule has 4 aliphatic rings. The average Bonchev–Trinajstić information content (AvgIpc) is 3.39. The van der Waals surface area contributed by atoms with Crippen LogP contribution in [0, 0.1) is 17.8 Å². The molecule has 2 bridgehead atoms. The number of hydrogen-bond donors (Lipinski definition) is 1. The molecule has 1 amide bonds. The maximum absolute atomic E-state index is 12.0. The second kappa shape index (κ2) is 7.37. The van der Waals surface area contributed by atoms with E-state index in [9.17, 15) is 4.79 Å². The molecule has 5 rings (SSSR count). The Labute approximate surface area is 169 Å². The predicted molar refractivity (Wildman–Crippen MR) is 110 cm³/mol. The Bertz CT molecular complexity index is 725. The van der Waals surface area contributed by atoms with Crippen LogP contribution in [-0.4, -0.2) is 37.2 Å². The Kier molecular flexibility index (Phi) is 4.86. The van der Waals surface area contributed by atoms with Crippen LogP contribution in [0.2, 0.25) is 0 Å². The molecule has 2 saturated carbocycles. The normalized spacial score (nSPS) is 33.2. The van der Waals surface area contributed by atoms with E-state index in [1.165, 1.54) is 69.3 Å². The van der Waals surface area contributed by atoms with Crippen LogP contribution in [0.1, 0.15) is 69.0 Å². The lowest BCUT2D eigenvalue weighted by Crippen LogP contribution is -2.44. The number of ether oxygens (including phenoxy) is 1. The molecule has 1 N–H and O–H groups in total. The lowest BCUT2D eigenvalue weighted by atomic mass is 9.73. The highest BCUT2D eigenvalue weighted by Crippen LogP contribution is 2.52. The van der Waals surface area contributed by atoms with E-state index < -0.39 is 0 Å². The molecule has 0 radical (unpaired) electrons. The number of alkyl carbamates (subject to hydrolysis) is 1. The highest BCUT2D eigenvalue weighted by atomic mass is 16.5. The van der Waals surface area contributed by atoms with E-state index in [2.05, 4.69) is 34.5 Å². The fraction of sp³-hybridized carbons (Fsp3) is 0.708. The molecule has 28 heavy (non-hydrogen) atoms. The van der Waals surface area contributed by atoms with E-state index >= 15 is 0 Å². The highest BCUT2D eigenvalue weighted by molar-refractivity contribution is 5.68. The summed E-state index contributed by atoms with van der Waals surface area (Å²) in [5.41, 5.74) is 3.00. The van der Waals surface area contributed by atoms with E-state index in [0.29, 0.717) is 6.61 Å². The maximum Gasteiger partial charge on any atom is 0.407 e. The van der Waals surface area contributed by atoms with Crippen LogP contribution in [0.5, 0.6) is 0 Å². The predicted octanol–water partition coefficient (Wildman–Crippen LogP) is 4.65. The zero-order chi connectivity index (χ0) is 19.1. The van der Waals surface area contributed by atoms with Gasteiger partial charge in [-0.25, -0.2) is 4.79 Å². The number of fused-ring (bicyclic) bond motifs is 4. The molecule has 4 heteroatoms. The number of piperidine rings is 1. The van der Waals surface area contributed by atoms with E-state index in [4.69, 9.17) is 4.74 Å². The monoisotopic (exact) mass is 382 g/mol. The highest BCUT2D eigenvalue weighted by Gasteiger charge is 2.47. The molecular weight excluding hydrogens is 348 g/mol. The third-order valence-corrected chi connectivity index (χ3v) is 8.26. The van der Waals surface area contributed by atoms with Crippen molar-refractivity contribution >= 4 is 6.09 Å². The summed E-state index contributed by atoms with van der Waals surface area (Å²) in [5.74, 6) is 3.02. The molecule has 1 saturated heterocycles. The Morgan fingerprint density at radius 2 is 2.04 bits per heavy atom. The molecule has 1 aromatic rings. The van der Waals surface area contributed by atoms with Crippen molar-refractivity contribution in [3.8, 4) is 0 Å². The molecule has 1 spiro atoms. The van der Waals surface area contributed by atoms with Gasteiger partial charge in [0.25, 0.3) is 0 Å². The Hall–Kier alpha value is -1.55. The number of nitrogens with zero attached hydrogens (tertiary/aromatic N) is 1. The Morgan fingerprint density at radius 3 is 2.75 bits per heavy atom. The van der Waals surface area contributed by atoms with E-state index in [-0.39, 0.29) is 17.6 Å². The van der Waals surface area contributed by atoms with Crippen molar-refractivity contribution in [1.29, 1.82) is 0 Å². The van der Waals surface area contributed by atoms with Gasteiger partial charge in [0.2, 0.25) is 0 Å². The molecule has 3 aliphatic carbocycles. The van der Waals surface area contributed by atoms with Crippen molar-refractivity contribution in [2.24, 2.45) is 17.8 Å². The molecule has 4 atom stereocenters. The summed E-state index contributed by atoms with van der Waals surface area (Å²) in [6, 6.07) is 8.85. The molecular formula is C24H34N2O2. The summed E-state index contributed by atoms with van der Waals surface area (Å²) < 4.78 is 5.15. The largest absolute Gasteiger partial charge is 0.450 e. The van der Waals surface area contributed by atoms with Crippen LogP contribution in [0.25, 0.3) is 0 Å². The number of amides is 1. The standard InChI is InChI=1S/C24H34N2O2/c1-2-28-23(27)25-22-15-24(21-6-4-3-5-20(21)22)9-11-26(12-10-24)16-19-14-17-7-8-18(19)13-17/h3-6,17-19,22H,2,7-16H2,1H3,(H,25,27)/t17-,18?,19+,22?/m0/s1. The smallest absolute Gasteiger partial charge is 0.407 e. The third kappa shape index (κ3) is 3.24. The van der Waals surface area contributed by atoms with Crippen LogP contribution in [0.3, 0.4) is 0 Å². The lowest BCUT2D eigenvalue weighted by molar-refractivity contribution is 0.116. The second-order valence-corrected chi connectivity index (χ2v) is 9.72. The van der Waals surface area contributed by atoms with Gasteiger partial charge in [-0.15, -0.1) is 0 Å². The van der Waals surface area contributed by atoms with Crippen LogP contribution in [0.15, 0.2) is 24.3 Å². The van der Waals surface area contributed by atoms with Gasteiger partial charge in [0, 0.05) is 12.0 Å². The average molecular weight is 383 g/mol. The summed E-state index contributed by atoms with van der Waals surface area (Å²) in [5, 5.41) is 3.12.